The van der Waals surface area contributed by atoms with Crippen molar-refractivity contribution in [3.05, 3.63) is 51.7 Å². The van der Waals surface area contributed by atoms with Crippen molar-refractivity contribution in [1.82, 2.24) is 10.2 Å². The molecule has 0 spiro atoms. The van der Waals surface area contributed by atoms with Gasteiger partial charge in [-0.1, -0.05) is 18.2 Å². The lowest BCUT2D eigenvalue weighted by molar-refractivity contribution is 0.0919. The molecule has 0 bridgehead atoms. The first-order chi connectivity index (χ1) is 12.0. The van der Waals surface area contributed by atoms with Crippen molar-refractivity contribution >= 4 is 29.0 Å². The number of rotatable bonds is 3. The van der Waals surface area contributed by atoms with Gasteiger partial charge in [0.1, 0.15) is 0 Å². The number of aryl methyl sites for hydroxylation is 2. The standard InChI is InChI=1S/C19H23N3O2S/c1-13-12-17(14(2)25-13)18(23)20-16-8-10-22(11-9-16)19(24)21-15-6-4-3-5-7-15/h3-7,12,16H,8-11H2,1-2H3,(H,20,23)(H,21,24). The number of urea groups is 1. The molecule has 1 aliphatic rings. The Balaban J connectivity index is 1.49. The van der Waals surface area contributed by atoms with Crippen LogP contribution < -0.4 is 10.6 Å². The number of carbonyl (C=O) groups is 2. The largest absolute Gasteiger partial charge is 0.349 e. The van der Waals surface area contributed by atoms with E-state index in [1.165, 1.54) is 0 Å². The monoisotopic (exact) mass is 357 g/mol. The summed E-state index contributed by atoms with van der Waals surface area (Å²) >= 11 is 1.64. The fraction of sp³-hybridized carbons (Fsp3) is 0.368. The number of nitrogens with zero attached hydrogens (tertiary/aromatic N) is 1. The molecule has 1 aromatic carbocycles. The molecule has 2 aromatic rings. The number of piperidine rings is 1. The minimum absolute atomic E-state index is 0.00552. The molecule has 0 radical (unpaired) electrons. The first-order valence-electron chi connectivity index (χ1n) is 8.52. The van der Waals surface area contributed by atoms with Crippen LogP contribution in [0.15, 0.2) is 36.4 Å². The van der Waals surface area contributed by atoms with E-state index in [0.29, 0.717) is 13.1 Å². The van der Waals surface area contributed by atoms with Gasteiger partial charge >= 0.3 is 6.03 Å². The summed E-state index contributed by atoms with van der Waals surface area (Å²) in [5.41, 5.74) is 1.57. The van der Waals surface area contributed by atoms with Crippen LogP contribution in [0, 0.1) is 13.8 Å². The van der Waals surface area contributed by atoms with Crippen LogP contribution in [0.2, 0.25) is 0 Å². The number of para-hydroxylation sites is 1. The highest BCUT2D eigenvalue weighted by Crippen LogP contribution is 2.21. The Kier molecular flexibility index (Phi) is 5.38. The topological polar surface area (TPSA) is 61.4 Å². The second kappa shape index (κ2) is 7.70. The van der Waals surface area contributed by atoms with Gasteiger partial charge in [-0.15, -0.1) is 11.3 Å². The van der Waals surface area contributed by atoms with Crippen LogP contribution >= 0.6 is 11.3 Å². The number of thiophene rings is 1. The van der Waals surface area contributed by atoms with Gasteiger partial charge < -0.3 is 15.5 Å². The molecule has 0 aliphatic carbocycles. The fourth-order valence-corrected chi connectivity index (χ4v) is 3.99. The SMILES string of the molecule is Cc1cc(C(=O)NC2CCN(C(=O)Nc3ccccc3)CC2)c(C)s1. The summed E-state index contributed by atoms with van der Waals surface area (Å²) in [6.45, 7) is 5.28. The third-order valence-corrected chi connectivity index (χ3v) is 5.39. The van der Waals surface area contributed by atoms with Crippen molar-refractivity contribution in [3.63, 3.8) is 0 Å². The molecular weight excluding hydrogens is 334 g/mol. The highest BCUT2D eigenvalue weighted by Gasteiger charge is 2.24. The van der Waals surface area contributed by atoms with E-state index in [2.05, 4.69) is 10.6 Å². The molecule has 25 heavy (non-hydrogen) atoms. The van der Waals surface area contributed by atoms with Gasteiger partial charge in [-0.2, -0.15) is 0 Å². The maximum absolute atomic E-state index is 12.4. The van der Waals surface area contributed by atoms with Crippen LogP contribution in [0.3, 0.4) is 0 Å². The van der Waals surface area contributed by atoms with Crippen LogP contribution in [-0.2, 0) is 0 Å². The normalized spacial score (nSPS) is 15.0. The molecule has 0 unspecified atom stereocenters. The molecule has 5 nitrogen and oxygen atoms in total. The molecule has 3 rings (SSSR count). The van der Waals surface area contributed by atoms with Gasteiger partial charge in [0.05, 0.1) is 5.56 Å². The predicted octanol–water partition coefficient (Wildman–Crippen LogP) is 3.79. The fourth-order valence-electron chi connectivity index (χ4n) is 3.07. The summed E-state index contributed by atoms with van der Waals surface area (Å²) in [5.74, 6) is -0.00552. The molecule has 1 aliphatic heterocycles. The average Bonchev–Trinajstić information content (AvgIpc) is 2.95. The minimum atomic E-state index is -0.0831. The number of amides is 3. The third-order valence-electron chi connectivity index (χ3n) is 4.43. The smallest absolute Gasteiger partial charge is 0.321 e. The molecule has 132 valence electrons. The zero-order valence-electron chi connectivity index (χ0n) is 14.5. The molecular formula is C19H23N3O2S. The van der Waals surface area contributed by atoms with E-state index >= 15 is 0 Å². The van der Waals surface area contributed by atoms with Crippen LogP contribution in [0.4, 0.5) is 10.5 Å². The van der Waals surface area contributed by atoms with Crippen molar-refractivity contribution in [2.45, 2.75) is 32.7 Å². The van der Waals surface area contributed by atoms with Crippen LogP contribution in [0.1, 0.15) is 33.0 Å². The zero-order valence-corrected chi connectivity index (χ0v) is 15.4. The van der Waals surface area contributed by atoms with Gasteiger partial charge in [0.2, 0.25) is 0 Å². The van der Waals surface area contributed by atoms with Gasteiger partial charge in [-0.3, -0.25) is 4.79 Å². The van der Waals surface area contributed by atoms with Gasteiger partial charge in [0, 0.05) is 34.6 Å². The summed E-state index contributed by atoms with van der Waals surface area (Å²) in [5, 5.41) is 6.01. The predicted molar refractivity (Wildman–Crippen MR) is 101 cm³/mol. The van der Waals surface area contributed by atoms with Crippen LogP contribution in [0.5, 0.6) is 0 Å². The maximum Gasteiger partial charge on any atom is 0.321 e. The second-order valence-electron chi connectivity index (χ2n) is 6.36. The number of likely N-dealkylation sites (tertiary alicyclic amines) is 1. The Morgan fingerprint density at radius 1 is 1.12 bits per heavy atom. The second-order valence-corrected chi connectivity index (χ2v) is 7.82. The molecule has 1 aromatic heterocycles. The average molecular weight is 357 g/mol. The van der Waals surface area contributed by atoms with E-state index < -0.39 is 0 Å². The van der Waals surface area contributed by atoms with Gasteiger partial charge in [0.15, 0.2) is 0 Å². The van der Waals surface area contributed by atoms with E-state index in [0.717, 1.165) is 33.8 Å². The minimum Gasteiger partial charge on any atom is -0.349 e. The van der Waals surface area contributed by atoms with Crippen molar-refractivity contribution in [1.29, 1.82) is 0 Å². The number of hydrogen-bond acceptors (Lipinski definition) is 3. The molecule has 2 heterocycles. The van der Waals surface area contributed by atoms with Crippen LogP contribution in [-0.4, -0.2) is 36.0 Å². The van der Waals surface area contributed by atoms with Crippen molar-refractivity contribution < 1.29 is 9.59 Å². The lowest BCUT2D eigenvalue weighted by Gasteiger charge is -2.32. The number of nitrogens with one attached hydrogen (secondary N) is 2. The first-order valence-corrected chi connectivity index (χ1v) is 9.33. The van der Waals surface area contributed by atoms with E-state index in [1.54, 1.807) is 16.2 Å². The van der Waals surface area contributed by atoms with Crippen molar-refractivity contribution in [2.75, 3.05) is 18.4 Å². The molecule has 1 fully saturated rings. The summed E-state index contributed by atoms with van der Waals surface area (Å²) in [4.78, 5) is 28.7. The summed E-state index contributed by atoms with van der Waals surface area (Å²) in [6, 6.07) is 11.4. The molecule has 2 N–H and O–H groups in total. The van der Waals surface area contributed by atoms with Crippen molar-refractivity contribution in [2.24, 2.45) is 0 Å². The summed E-state index contributed by atoms with van der Waals surface area (Å²) in [7, 11) is 0. The summed E-state index contributed by atoms with van der Waals surface area (Å²) in [6.07, 6.45) is 1.55. The molecule has 1 saturated heterocycles. The number of carbonyl (C=O) groups excluding carboxylic acids is 2. The van der Waals surface area contributed by atoms with E-state index in [9.17, 15) is 9.59 Å². The Morgan fingerprint density at radius 3 is 2.40 bits per heavy atom. The Morgan fingerprint density at radius 2 is 1.80 bits per heavy atom. The summed E-state index contributed by atoms with van der Waals surface area (Å²) < 4.78 is 0. The van der Waals surface area contributed by atoms with E-state index in [-0.39, 0.29) is 18.0 Å². The van der Waals surface area contributed by atoms with Crippen molar-refractivity contribution in [3.8, 4) is 0 Å². The third kappa shape index (κ3) is 4.39. The number of benzene rings is 1. The molecule has 6 heteroatoms. The Hall–Kier alpha value is -2.34. The first kappa shape index (κ1) is 17.5. The van der Waals surface area contributed by atoms with Crippen LogP contribution in [0.25, 0.3) is 0 Å². The van der Waals surface area contributed by atoms with E-state index in [4.69, 9.17) is 0 Å². The Bertz CT molecular complexity index is 749. The maximum atomic E-state index is 12.4. The lowest BCUT2D eigenvalue weighted by atomic mass is 10.0. The molecule has 3 amide bonds. The highest BCUT2D eigenvalue weighted by molar-refractivity contribution is 7.12. The molecule has 0 atom stereocenters. The lowest BCUT2D eigenvalue weighted by Crippen LogP contribution is -2.47. The Labute approximate surface area is 152 Å². The van der Waals surface area contributed by atoms with Gasteiger partial charge in [-0.25, -0.2) is 4.79 Å². The van der Waals surface area contributed by atoms with E-state index in [1.807, 2.05) is 50.2 Å². The zero-order chi connectivity index (χ0) is 17.8. The highest BCUT2D eigenvalue weighted by atomic mass is 32.1. The van der Waals surface area contributed by atoms with Gasteiger partial charge in [0.25, 0.3) is 5.91 Å². The number of hydrogen-bond donors (Lipinski definition) is 2. The quantitative estimate of drug-likeness (QED) is 0.878. The number of anilines is 1. The van der Waals surface area contributed by atoms with Gasteiger partial charge in [-0.05, 0) is 44.9 Å². The molecule has 0 saturated carbocycles.